The van der Waals surface area contributed by atoms with Crippen LogP contribution in [-0.4, -0.2) is 12.1 Å². The van der Waals surface area contributed by atoms with Crippen molar-refractivity contribution in [1.29, 1.82) is 0 Å². The van der Waals surface area contributed by atoms with Gasteiger partial charge in [0, 0.05) is 11.8 Å². The highest BCUT2D eigenvalue weighted by molar-refractivity contribution is 5.95. The van der Waals surface area contributed by atoms with E-state index in [4.69, 9.17) is 0 Å². The van der Waals surface area contributed by atoms with Crippen molar-refractivity contribution in [2.75, 3.05) is 0 Å². The minimum atomic E-state index is -0.113. The van der Waals surface area contributed by atoms with Gasteiger partial charge >= 0.3 is 0 Å². The lowest BCUT2D eigenvalue weighted by Crippen LogP contribution is -2.20. The summed E-state index contributed by atoms with van der Waals surface area (Å²) in [5.74, 6) is 2.19. The fraction of sp³-hybridized carbons (Fsp3) is 0.500. The molecule has 3 unspecified atom stereocenters. The Hall–Kier alpha value is -1.64. The maximum Gasteiger partial charge on any atom is 0.271 e. The predicted octanol–water partition coefficient (Wildman–Crippen LogP) is 3.15. The summed E-state index contributed by atoms with van der Waals surface area (Å²) in [6, 6.07) is 7.58. The molecule has 0 heterocycles. The molecule has 3 nitrogen and oxygen atoms in total. The van der Waals surface area contributed by atoms with Crippen molar-refractivity contribution in [3.05, 3.63) is 35.4 Å². The second kappa shape index (κ2) is 5.16. The Labute approximate surface area is 114 Å². The van der Waals surface area contributed by atoms with E-state index in [1.54, 1.807) is 0 Å². The number of rotatable bonds is 3. The van der Waals surface area contributed by atoms with Gasteiger partial charge in [-0.25, -0.2) is 5.43 Å². The number of hydrazone groups is 1. The average molecular weight is 256 g/mol. The highest BCUT2D eigenvalue weighted by Crippen LogP contribution is 2.47. The summed E-state index contributed by atoms with van der Waals surface area (Å²) in [5, 5.41) is 4.16. The van der Waals surface area contributed by atoms with Crippen molar-refractivity contribution in [3.63, 3.8) is 0 Å². The molecule has 0 radical (unpaired) electrons. The van der Waals surface area contributed by atoms with Crippen LogP contribution in [0, 0.1) is 24.7 Å². The number of fused-ring (bicyclic) bond motifs is 2. The highest BCUT2D eigenvalue weighted by Gasteiger charge is 2.38. The topological polar surface area (TPSA) is 41.5 Å². The van der Waals surface area contributed by atoms with Crippen LogP contribution in [0.15, 0.2) is 29.4 Å². The first-order chi connectivity index (χ1) is 9.24. The first-order valence-electron chi connectivity index (χ1n) is 7.13. The molecule has 19 heavy (non-hydrogen) atoms. The largest absolute Gasteiger partial charge is 0.271 e. The zero-order chi connectivity index (χ0) is 13.2. The summed E-state index contributed by atoms with van der Waals surface area (Å²) < 4.78 is 0. The molecule has 3 rings (SSSR count). The van der Waals surface area contributed by atoms with E-state index >= 15 is 0 Å². The van der Waals surface area contributed by atoms with Crippen LogP contribution in [-0.2, 0) is 0 Å². The van der Waals surface area contributed by atoms with E-state index < -0.39 is 0 Å². The van der Waals surface area contributed by atoms with E-state index in [1.807, 2.05) is 37.4 Å². The molecule has 3 heteroatoms. The van der Waals surface area contributed by atoms with Gasteiger partial charge < -0.3 is 0 Å². The van der Waals surface area contributed by atoms with Crippen molar-refractivity contribution in [2.24, 2.45) is 22.9 Å². The summed E-state index contributed by atoms with van der Waals surface area (Å²) >= 11 is 0. The normalized spacial score (nSPS) is 29.0. The summed E-state index contributed by atoms with van der Waals surface area (Å²) in [6.45, 7) is 1.94. The van der Waals surface area contributed by atoms with E-state index in [0.29, 0.717) is 11.5 Å². The molecule has 0 aliphatic heterocycles. The zero-order valence-corrected chi connectivity index (χ0v) is 11.3. The Balaban J connectivity index is 1.58. The third kappa shape index (κ3) is 2.55. The number of amides is 1. The number of benzene rings is 1. The average Bonchev–Trinajstić information content (AvgIpc) is 3.01. The van der Waals surface area contributed by atoms with Crippen LogP contribution in [0.3, 0.4) is 0 Å². The zero-order valence-electron chi connectivity index (χ0n) is 11.3. The van der Waals surface area contributed by atoms with Gasteiger partial charge in [0.2, 0.25) is 0 Å². The summed E-state index contributed by atoms with van der Waals surface area (Å²) in [7, 11) is 0. The lowest BCUT2D eigenvalue weighted by atomic mass is 9.90. The van der Waals surface area contributed by atoms with Gasteiger partial charge in [-0.2, -0.15) is 5.10 Å². The number of hydrogen-bond acceptors (Lipinski definition) is 2. The van der Waals surface area contributed by atoms with Gasteiger partial charge in [0.15, 0.2) is 0 Å². The summed E-state index contributed by atoms with van der Waals surface area (Å²) in [4.78, 5) is 12.0. The van der Waals surface area contributed by atoms with E-state index in [2.05, 4.69) is 10.5 Å². The van der Waals surface area contributed by atoms with Gasteiger partial charge in [0.1, 0.15) is 0 Å². The minimum Gasteiger partial charge on any atom is -0.267 e. The Bertz CT molecular complexity index is 509. The van der Waals surface area contributed by atoms with Gasteiger partial charge in [-0.3, -0.25) is 4.79 Å². The molecule has 0 saturated heterocycles. The molecule has 3 atom stereocenters. The Morgan fingerprint density at radius 1 is 1.32 bits per heavy atom. The Morgan fingerprint density at radius 2 is 2.16 bits per heavy atom. The first-order valence-corrected chi connectivity index (χ1v) is 7.13. The third-order valence-electron chi connectivity index (χ3n) is 4.61. The molecule has 2 saturated carbocycles. The Kier molecular flexibility index (Phi) is 3.36. The maximum absolute atomic E-state index is 12.0. The molecule has 2 fully saturated rings. The second-order valence-electron chi connectivity index (χ2n) is 5.87. The van der Waals surface area contributed by atoms with E-state index in [-0.39, 0.29) is 5.91 Å². The third-order valence-corrected chi connectivity index (χ3v) is 4.61. The van der Waals surface area contributed by atoms with Crippen molar-refractivity contribution >= 4 is 12.1 Å². The van der Waals surface area contributed by atoms with Crippen LogP contribution >= 0.6 is 0 Å². The SMILES string of the molecule is Cc1ccccc1C(=O)N/N=C/C1CC2CCC1C2. The van der Waals surface area contributed by atoms with Crippen LogP contribution < -0.4 is 5.43 Å². The van der Waals surface area contributed by atoms with E-state index in [0.717, 1.165) is 17.4 Å². The quantitative estimate of drug-likeness (QED) is 0.655. The van der Waals surface area contributed by atoms with Gasteiger partial charge in [-0.05, 0) is 55.6 Å². The molecule has 0 spiro atoms. The number of nitrogens with one attached hydrogen (secondary N) is 1. The highest BCUT2D eigenvalue weighted by atomic mass is 16.2. The van der Waals surface area contributed by atoms with Gasteiger partial charge in [0.25, 0.3) is 5.91 Å². The molecule has 1 N–H and O–H groups in total. The second-order valence-corrected chi connectivity index (χ2v) is 5.87. The molecule has 2 aliphatic carbocycles. The van der Waals surface area contributed by atoms with Crippen LogP contribution in [0.1, 0.15) is 41.6 Å². The molecule has 2 aliphatic rings. The molecule has 1 amide bonds. The van der Waals surface area contributed by atoms with E-state index in [9.17, 15) is 4.79 Å². The van der Waals surface area contributed by atoms with Gasteiger partial charge in [-0.15, -0.1) is 0 Å². The molecule has 2 bridgehead atoms. The summed E-state index contributed by atoms with van der Waals surface area (Å²) in [6.07, 6.45) is 7.31. The van der Waals surface area contributed by atoms with Crippen LogP contribution in [0.4, 0.5) is 0 Å². The number of nitrogens with zero attached hydrogens (tertiary/aromatic N) is 1. The summed E-state index contributed by atoms with van der Waals surface area (Å²) in [5.41, 5.74) is 4.34. The number of carbonyl (C=O) groups is 1. The van der Waals surface area contributed by atoms with Crippen molar-refractivity contribution in [2.45, 2.75) is 32.6 Å². The fourth-order valence-electron chi connectivity index (χ4n) is 3.56. The maximum atomic E-state index is 12.0. The standard InChI is InChI=1S/C16H20N2O/c1-11-4-2-3-5-15(11)16(19)18-17-10-14-9-12-6-7-13(14)8-12/h2-5,10,12-14H,6-9H2,1H3,(H,18,19)/b17-10+. The van der Waals surface area contributed by atoms with Crippen molar-refractivity contribution in [3.8, 4) is 0 Å². The molecule has 1 aromatic carbocycles. The van der Waals surface area contributed by atoms with Crippen molar-refractivity contribution in [1.82, 2.24) is 5.43 Å². The van der Waals surface area contributed by atoms with Gasteiger partial charge in [0.05, 0.1) is 0 Å². The van der Waals surface area contributed by atoms with Crippen LogP contribution in [0.2, 0.25) is 0 Å². The first kappa shape index (κ1) is 12.4. The predicted molar refractivity (Wildman–Crippen MR) is 76.1 cm³/mol. The molecule has 100 valence electrons. The van der Waals surface area contributed by atoms with Crippen LogP contribution in [0.5, 0.6) is 0 Å². The van der Waals surface area contributed by atoms with Crippen molar-refractivity contribution < 1.29 is 4.79 Å². The minimum absolute atomic E-state index is 0.113. The van der Waals surface area contributed by atoms with Crippen LogP contribution in [0.25, 0.3) is 0 Å². The fourth-order valence-corrected chi connectivity index (χ4v) is 3.56. The van der Waals surface area contributed by atoms with Gasteiger partial charge in [-0.1, -0.05) is 24.6 Å². The molecular weight excluding hydrogens is 236 g/mol. The number of hydrogen-bond donors (Lipinski definition) is 1. The number of aryl methyl sites for hydroxylation is 1. The Morgan fingerprint density at radius 3 is 2.84 bits per heavy atom. The lowest BCUT2D eigenvalue weighted by Gasteiger charge is -2.16. The van der Waals surface area contributed by atoms with E-state index in [1.165, 1.54) is 25.7 Å². The number of carbonyl (C=O) groups excluding carboxylic acids is 1. The monoisotopic (exact) mass is 256 g/mol. The smallest absolute Gasteiger partial charge is 0.267 e. The molecule has 1 aromatic rings. The molecular formula is C16H20N2O. The lowest BCUT2D eigenvalue weighted by molar-refractivity contribution is 0.0954. The molecule has 0 aromatic heterocycles.